The molecule has 0 rings (SSSR count). The number of aliphatic imine (C=N–C) groups is 1. The molecule has 0 fully saturated rings. The van der Waals surface area contributed by atoms with E-state index in [1.54, 1.807) is 7.05 Å². The Labute approximate surface area is 135 Å². The lowest BCUT2D eigenvalue weighted by atomic mass is 10.2. The summed E-state index contributed by atoms with van der Waals surface area (Å²) in [4.78, 5) is 15.1. The average Bonchev–Trinajstić information content (AvgIpc) is 2.54. The Morgan fingerprint density at radius 3 is 2.32 bits per heavy atom. The van der Waals surface area contributed by atoms with Crippen molar-refractivity contribution in [2.24, 2.45) is 4.99 Å². The molecule has 2 N–H and O–H groups in total. The molecule has 0 spiro atoms. The second-order valence-corrected chi connectivity index (χ2v) is 5.13. The molecule has 0 aliphatic rings. The highest BCUT2D eigenvalue weighted by Gasteiger charge is 2.00. The Kier molecular flexibility index (Phi) is 15.1. The van der Waals surface area contributed by atoms with Gasteiger partial charge < -0.3 is 20.1 Å². The van der Waals surface area contributed by atoms with Crippen molar-refractivity contribution in [3.63, 3.8) is 0 Å². The molecule has 0 atom stereocenters. The Balaban J connectivity index is 3.42. The van der Waals surface area contributed by atoms with Gasteiger partial charge in [0.1, 0.15) is 0 Å². The number of carbonyl (C=O) groups is 1. The van der Waals surface area contributed by atoms with Gasteiger partial charge in [-0.15, -0.1) is 0 Å². The molecular formula is C16H33N3O3. The van der Waals surface area contributed by atoms with Gasteiger partial charge in [0.05, 0.1) is 7.11 Å². The Morgan fingerprint density at radius 2 is 1.68 bits per heavy atom. The molecule has 130 valence electrons. The van der Waals surface area contributed by atoms with Crippen LogP contribution in [0.4, 0.5) is 0 Å². The summed E-state index contributed by atoms with van der Waals surface area (Å²) in [5.41, 5.74) is 0. The van der Waals surface area contributed by atoms with Crippen LogP contribution in [0.25, 0.3) is 0 Å². The van der Waals surface area contributed by atoms with Crippen LogP contribution in [0.5, 0.6) is 0 Å². The summed E-state index contributed by atoms with van der Waals surface area (Å²) >= 11 is 0. The summed E-state index contributed by atoms with van der Waals surface area (Å²) in [6.45, 7) is 5.52. The Bertz CT molecular complexity index is 296. The summed E-state index contributed by atoms with van der Waals surface area (Å²) in [5.74, 6) is 0.688. The predicted molar refractivity (Wildman–Crippen MR) is 90.2 cm³/mol. The highest BCUT2D eigenvalue weighted by atomic mass is 16.5. The lowest BCUT2D eigenvalue weighted by Gasteiger charge is -2.11. The van der Waals surface area contributed by atoms with Gasteiger partial charge >= 0.3 is 5.97 Å². The van der Waals surface area contributed by atoms with Crippen molar-refractivity contribution in [1.82, 2.24) is 10.6 Å². The van der Waals surface area contributed by atoms with E-state index >= 15 is 0 Å². The van der Waals surface area contributed by atoms with E-state index in [4.69, 9.17) is 4.74 Å². The van der Waals surface area contributed by atoms with E-state index in [1.807, 2.05) is 0 Å². The molecule has 0 aliphatic heterocycles. The van der Waals surface area contributed by atoms with Crippen LogP contribution in [-0.4, -0.2) is 52.4 Å². The fourth-order valence-corrected chi connectivity index (χ4v) is 1.83. The monoisotopic (exact) mass is 315 g/mol. The largest absolute Gasteiger partial charge is 0.469 e. The minimum absolute atomic E-state index is 0.133. The smallest absolute Gasteiger partial charge is 0.305 e. The van der Waals surface area contributed by atoms with E-state index in [0.29, 0.717) is 6.42 Å². The van der Waals surface area contributed by atoms with Crippen molar-refractivity contribution in [2.45, 2.75) is 51.9 Å². The van der Waals surface area contributed by atoms with Crippen LogP contribution in [0.2, 0.25) is 0 Å². The molecule has 0 aromatic heterocycles. The van der Waals surface area contributed by atoms with Gasteiger partial charge in [-0.05, 0) is 25.7 Å². The van der Waals surface area contributed by atoms with Gasteiger partial charge in [-0.2, -0.15) is 0 Å². The Morgan fingerprint density at radius 1 is 1.00 bits per heavy atom. The minimum Gasteiger partial charge on any atom is -0.469 e. The van der Waals surface area contributed by atoms with Crippen LogP contribution in [0.15, 0.2) is 4.99 Å². The summed E-state index contributed by atoms with van der Waals surface area (Å²) in [7, 11) is 3.19. The number of guanidine groups is 1. The highest BCUT2D eigenvalue weighted by Crippen LogP contribution is 1.99. The van der Waals surface area contributed by atoms with Gasteiger partial charge in [-0.25, -0.2) is 0 Å². The molecule has 0 aromatic carbocycles. The molecule has 0 radical (unpaired) electrons. The van der Waals surface area contributed by atoms with Gasteiger partial charge in [0.25, 0.3) is 0 Å². The number of nitrogens with one attached hydrogen (secondary N) is 2. The first-order valence-electron chi connectivity index (χ1n) is 8.33. The zero-order valence-corrected chi connectivity index (χ0v) is 14.5. The molecule has 0 amide bonds. The quantitative estimate of drug-likeness (QED) is 0.236. The molecule has 0 bridgehead atoms. The fraction of sp³-hybridized carbons (Fsp3) is 0.875. The maximum absolute atomic E-state index is 11.0. The first kappa shape index (κ1) is 20.7. The van der Waals surface area contributed by atoms with Gasteiger partial charge in [0.15, 0.2) is 5.96 Å². The molecular weight excluding hydrogens is 282 g/mol. The van der Waals surface area contributed by atoms with Crippen LogP contribution in [0, 0.1) is 0 Å². The number of unbranched alkanes of at least 4 members (excludes halogenated alkanes) is 3. The maximum atomic E-state index is 11.0. The van der Waals surface area contributed by atoms with Crippen molar-refractivity contribution >= 4 is 11.9 Å². The number of carbonyl (C=O) groups excluding carboxylic acids is 1. The van der Waals surface area contributed by atoms with Crippen LogP contribution in [-0.2, 0) is 14.3 Å². The third-order valence-corrected chi connectivity index (χ3v) is 3.20. The number of esters is 1. The van der Waals surface area contributed by atoms with E-state index in [1.165, 1.54) is 13.5 Å². The van der Waals surface area contributed by atoms with Crippen molar-refractivity contribution in [3.05, 3.63) is 0 Å². The summed E-state index contributed by atoms with van der Waals surface area (Å²) in [6.07, 6.45) is 6.67. The zero-order chi connectivity index (χ0) is 16.5. The molecule has 6 heteroatoms. The average molecular weight is 315 g/mol. The third-order valence-electron chi connectivity index (χ3n) is 3.20. The van der Waals surface area contributed by atoms with Gasteiger partial charge in [0.2, 0.25) is 0 Å². The number of hydrogen-bond acceptors (Lipinski definition) is 4. The van der Waals surface area contributed by atoms with Crippen LogP contribution >= 0.6 is 0 Å². The van der Waals surface area contributed by atoms with Crippen molar-refractivity contribution in [2.75, 3.05) is 40.5 Å². The standard InChI is InChI=1S/C16H33N3O3/c1-4-5-13-22-14-9-12-19-16(17-2)18-11-8-6-7-10-15(20)21-3/h4-14H2,1-3H3,(H2,17,18,19). The normalized spacial score (nSPS) is 11.3. The number of methoxy groups -OCH3 is 1. The first-order chi connectivity index (χ1) is 10.7. The molecule has 0 aliphatic carbocycles. The van der Waals surface area contributed by atoms with E-state index in [9.17, 15) is 4.79 Å². The zero-order valence-electron chi connectivity index (χ0n) is 14.5. The molecule has 6 nitrogen and oxygen atoms in total. The van der Waals surface area contributed by atoms with E-state index in [2.05, 4.69) is 27.3 Å². The highest BCUT2D eigenvalue weighted by molar-refractivity contribution is 5.79. The first-order valence-corrected chi connectivity index (χ1v) is 8.33. The van der Waals surface area contributed by atoms with E-state index < -0.39 is 0 Å². The third kappa shape index (κ3) is 13.7. The van der Waals surface area contributed by atoms with Crippen molar-refractivity contribution in [1.29, 1.82) is 0 Å². The maximum Gasteiger partial charge on any atom is 0.305 e. The molecule has 0 unspecified atom stereocenters. The molecule has 0 heterocycles. The topological polar surface area (TPSA) is 72.0 Å². The van der Waals surface area contributed by atoms with Gasteiger partial charge in [0, 0.05) is 39.8 Å². The molecule has 0 saturated heterocycles. The molecule has 0 saturated carbocycles. The van der Waals surface area contributed by atoms with Gasteiger partial charge in [-0.3, -0.25) is 9.79 Å². The Hall–Kier alpha value is -1.30. The predicted octanol–water partition coefficient (Wildman–Crippen LogP) is 2.09. The van der Waals surface area contributed by atoms with Crippen LogP contribution < -0.4 is 10.6 Å². The van der Waals surface area contributed by atoms with Crippen molar-refractivity contribution < 1.29 is 14.3 Å². The van der Waals surface area contributed by atoms with Crippen LogP contribution in [0.3, 0.4) is 0 Å². The number of rotatable bonds is 13. The number of hydrogen-bond donors (Lipinski definition) is 2. The minimum atomic E-state index is -0.133. The van der Waals surface area contributed by atoms with E-state index in [0.717, 1.165) is 64.4 Å². The van der Waals surface area contributed by atoms with Gasteiger partial charge in [-0.1, -0.05) is 19.8 Å². The number of nitrogens with zero attached hydrogens (tertiary/aromatic N) is 1. The lowest BCUT2D eigenvalue weighted by Crippen LogP contribution is -2.38. The summed E-state index contributed by atoms with van der Waals surface area (Å²) in [5, 5.41) is 6.53. The van der Waals surface area contributed by atoms with Crippen molar-refractivity contribution in [3.8, 4) is 0 Å². The SMILES string of the molecule is CCCCOCCCNC(=NC)NCCCCCC(=O)OC. The second kappa shape index (κ2) is 16.1. The van der Waals surface area contributed by atoms with Crippen LogP contribution in [0.1, 0.15) is 51.9 Å². The second-order valence-electron chi connectivity index (χ2n) is 5.13. The van der Waals surface area contributed by atoms with E-state index in [-0.39, 0.29) is 5.97 Å². The number of ether oxygens (including phenoxy) is 2. The molecule has 0 aromatic rings. The summed E-state index contributed by atoms with van der Waals surface area (Å²) in [6, 6.07) is 0. The lowest BCUT2D eigenvalue weighted by molar-refractivity contribution is -0.140. The molecule has 22 heavy (non-hydrogen) atoms. The fourth-order valence-electron chi connectivity index (χ4n) is 1.83. The summed E-state index contributed by atoms with van der Waals surface area (Å²) < 4.78 is 10.1.